The van der Waals surface area contributed by atoms with E-state index >= 15 is 0 Å². The number of nitrogens with one attached hydrogen (secondary N) is 1. The highest BCUT2D eigenvalue weighted by Crippen LogP contribution is 2.15. The first-order chi connectivity index (χ1) is 8.86. The molecule has 2 atom stereocenters. The largest absolute Gasteiger partial charge is 0.377 e. The van der Waals surface area contributed by atoms with Crippen molar-refractivity contribution in [2.75, 3.05) is 36.2 Å². The summed E-state index contributed by atoms with van der Waals surface area (Å²) in [5.74, 6) is 0.882. The molecule has 0 aromatic heterocycles. The van der Waals surface area contributed by atoms with Gasteiger partial charge in [0, 0.05) is 12.6 Å². The fraction of sp³-hybridized carbons (Fsp3) is 1.00. The average molecular weight is 311 g/mol. The van der Waals surface area contributed by atoms with Crippen LogP contribution in [-0.2, 0) is 24.4 Å². The van der Waals surface area contributed by atoms with Gasteiger partial charge in [0.05, 0.1) is 29.1 Å². The van der Waals surface area contributed by atoms with E-state index in [1.165, 1.54) is 0 Å². The summed E-state index contributed by atoms with van der Waals surface area (Å²) in [6.45, 7) is 1.23. The summed E-state index contributed by atoms with van der Waals surface area (Å²) < 4.78 is 50.4. The van der Waals surface area contributed by atoms with Crippen LogP contribution in [0.1, 0.15) is 19.3 Å². The second-order valence-electron chi connectivity index (χ2n) is 5.30. The van der Waals surface area contributed by atoms with E-state index in [2.05, 4.69) is 5.32 Å². The number of rotatable bonds is 6. The predicted molar refractivity (Wildman–Crippen MR) is 72.7 cm³/mol. The first kappa shape index (κ1) is 15.2. The quantitative estimate of drug-likeness (QED) is 0.656. The van der Waals surface area contributed by atoms with Gasteiger partial charge in [0.1, 0.15) is 0 Å². The lowest BCUT2D eigenvalue weighted by molar-refractivity contribution is 0.0691. The molecule has 2 heterocycles. The van der Waals surface area contributed by atoms with Gasteiger partial charge in [0.2, 0.25) is 0 Å². The van der Waals surface area contributed by atoms with Gasteiger partial charge in [-0.15, -0.1) is 0 Å². The van der Waals surface area contributed by atoms with Crippen LogP contribution in [0.2, 0.25) is 0 Å². The van der Waals surface area contributed by atoms with Crippen molar-refractivity contribution in [2.24, 2.45) is 0 Å². The van der Waals surface area contributed by atoms with Gasteiger partial charge in [-0.3, -0.25) is 0 Å². The molecule has 2 rings (SSSR count). The smallest absolute Gasteiger partial charge is 0.152 e. The summed E-state index contributed by atoms with van der Waals surface area (Å²) in [7, 11) is -5.70. The number of hydrogen-bond acceptors (Lipinski definition) is 6. The molecule has 2 aliphatic rings. The summed E-state index contributed by atoms with van der Waals surface area (Å²) in [5, 5.41) is 3.20. The van der Waals surface area contributed by atoms with Gasteiger partial charge in [0.15, 0.2) is 19.7 Å². The van der Waals surface area contributed by atoms with Crippen LogP contribution in [-0.4, -0.2) is 65.1 Å². The molecule has 8 heteroatoms. The molecule has 1 N–H and O–H groups in total. The number of hydrogen-bond donors (Lipinski definition) is 1. The average Bonchev–Trinajstić information content (AvgIpc) is 2.81. The van der Waals surface area contributed by atoms with Gasteiger partial charge < -0.3 is 10.1 Å². The summed E-state index contributed by atoms with van der Waals surface area (Å²) >= 11 is 0. The van der Waals surface area contributed by atoms with E-state index < -0.39 is 19.7 Å². The van der Waals surface area contributed by atoms with Crippen LogP contribution in [0.15, 0.2) is 0 Å². The summed E-state index contributed by atoms with van der Waals surface area (Å²) in [4.78, 5) is 0. The normalized spacial score (nSPS) is 32.6. The maximum absolute atomic E-state index is 11.2. The van der Waals surface area contributed by atoms with E-state index in [-0.39, 0.29) is 35.2 Å². The molecular formula is C11H21NO5S2. The molecule has 2 saturated heterocycles. The monoisotopic (exact) mass is 311 g/mol. The fourth-order valence-electron chi connectivity index (χ4n) is 2.48. The minimum atomic E-state index is -2.87. The second-order valence-corrected chi connectivity index (χ2v) is 9.76. The standard InChI is InChI=1S/C11H21NO5S2/c13-18(14)6-2-10(8-18)12-4-1-5-17-11-3-7-19(15,16)9-11/h10-12H,1-9H2/t10-,11+/m0/s1. The van der Waals surface area contributed by atoms with E-state index in [0.29, 0.717) is 26.0 Å². The Bertz CT molecular complexity index is 453. The van der Waals surface area contributed by atoms with Crippen LogP contribution in [0.3, 0.4) is 0 Å². The van der Waals surface area contributed by atoms with Crippen LogP contribution in [0, 0.1) is 0 Å². The lowest BCUT2D eigenvalue weighted by Crippen LogP contribution is -2.31. The van der Waals surface area contributed by atoms with Crippen LogP contribution in [0.4, 0.5) is 0 Å². The van der Waals surface area contributed by atoms with Gasteiger partial charge >= 0.3 is 0 Å². The molecule has 19 heavy (non-hydrogen) atoms. The lowest BCUT2D eigenvalue weighted by Gasteiger charge is -2.12. The summed E-state index contributed by atoms with van der Waals surface area (Å²) in [5.41, 5.74) is 0. The summed E-state index contributed by atoms with van der Waals surface area (Å²) in [6.07, 6.45) is 1.89. The van der Waals surface area contributed by atoms with Crippen molar-refractivity contribution in [2.45, 2.75) is 31.4 Å². The second kappa shape index (κ2) is 6.07. The lowest BCUT2D eigenvalue weighted by atomic mass is 10.2. The van der Waals surface area contributed by atoms with Crippen molar-refractivity contribution in [3.8, 4) is 0 Å². The molecule has 0 saturated carbocycles. The summed E-state index contributed by atoms with van der Waals surface area (Å²) in [6, 6.07) is 0.0665. The zero-order chi connectivity index (χ0) is 13.9. The Hall–Kier alpha value is -0.180. The molecule has 0 aromatic rings. The fourth-order valence-corrected chi connectivity index (χ4v) is 5.80. The Balaban J connectivity index is 1.54. The Kier molecular flexibility index (Phi) is 4.86. The molecule has 0 aliphatic carbocycles. The molecule has 0 aromatic carbocycles. The van der Waals surface area contributed by atoms with Crippen molar-refractivity contribution >= 4 is 19.7 Å². The third-order valence-corrected chi connectivity index (χ3v) is 7.04. The predicted octanol–water partition coefficient (Wildman–Crippen LogP) is -0.643. The minimum absolute atomic E-state index is 0.0665. The van der Waals surface area contributed by atoms with Crippen molar-refractivity contribution < 1.29 is 21.6 Å². The highest BCUT2D eigenvalue weighted by Gasteiger charge is 2.29. The van der Waals surface area contributed by atoms with Crippen molar-refractivity contribution in [3.05, 3.63) is 0 Å². The molecule has 2 aliphatic heterocycles. The van der Waals surface area contributed by atoms with E-state index in [4.69, 9.17) is 4.74 Å². The third kappa shape index (κ3) is 5.02. The molecule has 0 unspecified atom stereocenters. The Morgan fingerprint density at radius 2 is 1.68 bits per heavy atom. The molecule has 6 nitrogen and oxygen atoms in total. The Labute approximate surface area is 114 Å². The van der Waals surface area contributed by atoms with E-state index in [1.54, 1.807) is 0 Å². The third-order valence-electron chi connectivity index (χ3n) is 3.53. The molecule has 0 spiro atoms. The number of sulfone groups is 2. The SMILES string of the molecule is O=S1(=O)CC[C@H](NCCCO[C@@H]2CCS(=O)(=O)C2)C1. The van der Waals surface area contributed by atoms with Gasteiger partial charge in [0.25, 0.3) is 0 Å². The Morgan fingerprint density at radius 3 is 2.26 bits per heavy atom. The first-order valence-corrected chi connectivity index (χ1v) is 10.3. The zero-order valence-corrected chi connectivity index (χ0v) is 12.5. The molecule has 0 radical (unpaired) electrons. The minimum Gasteiger partial charge on any atom is -0.377 e. The van der Waals surface area contributed by atoms with Crippen LogP contribution >= 0.6 is 0 Å². The van der Waals surface area contributed by atoms with Crippen molar-refractivity contribution in [1.82, 2.24) is 5.32 Å². The van der Waals surface area contributed by atoms with Gasteiger partial charge in [-0.2, -0.15) is 0 Å². The Morgan fingerprint density at radius 1 is 1.00 bits per heavy atom. The molecule has 0 amide bonds. The van der Waals surface area contributed by atoms with Crippen molar-refractivity contribution in [3.63, 3.8) is 0 Å². The highest BCUT2D eigenvalue weighted by atomic mass is 32.2. The van der Waals surface area contributed by atoms with Crippen LogP contribution in [0.25, 0.3) is 0 Å². The van der Waals surface area contributed by atoms with E-state index in [0.717, 1.165) is 6.42 Å². The van der Waals surface area contributed by atoms with Gasteiger partial charge in [-0.1, -0.05) is 0 Å². The first-order valence-electron chi connectivity index (χ1n) is 6.62. The molecule has 112 valence electrons. The highest BCUT2D eigenvalue weighted by molar-refractivity contribution is 7.91. The number of ether oxygens (including phenoxy) is 1. The molecular weight excluding hydrogens is 290 g/mol. The topological polar surface area (TPSA) is 89.5 Å². The zero-order valence-electron chi connectivity index (χ0n) is 10.9. The van der Waals surface area contributed by atoms with Crippen molar-refractivity contribution in [1.29, 1.82) is 0 Å². The van der Waals surface area contributed by atoms with E-state index in [1.807, 2.05) is 0 Å². The molecule has 0 bridgehead atoms. The van der Waals surface area contributed by atoms with E-state index in [9.17, 15) is 16.8 Å². The van der Waals surface area contributed by atoms with Crippen LogP contribution in [0.5, 0.6) is 0 Å². The maximum Gasteiger partial charge on any atom is 0.152 e. The maximum atomic E-state index is 11.2. The van der Waals surface area contributed by atoms with Crippen LogP contribution < -0.4 is 5.32 Å². The van der Waals surface area contributed by atoms with Gasteiger partial charge in [-0.05, 0) is 25.8 Å². The van der Waals surface area contributed by atoms with Gasteiger partial charge in [-0.25, -0.2) is 16.8 Å². The molecule has 2 fully saturated rings.